The minimum absolute atomic E-state index is 0.00628. The molecule has 1 heterocycles. The summed E-state index contributed by atoms with van der Waals surface area (Å²) in [5, 5.41) is 18.1. The summed E-state index contributed by atoms with van der Waals surface area (Å²) in [6.07, 6.45) is 2.03. The molecule has 0 amide bonds. The number of Topliss-reactive ketones (excluding diaryl/α,β-unsaturated/α-hetero) is 1. The molecule has 2 unspecified atom stereocenters. The van der Waals surface area contributed by atoms with Crippen LogP contribution >= 0.6 is 0 Å². The van der Waals surface area contributed by atoms with Gasteiger partial charge < -0.3 is 19.6 Å². The van der Waals surface area contributed by atoms with Crippen LogP contribution in [0.1, 0.15) is 67.9 Å². The van der Waals surface area contributed by atoms with Crippen LogP contribution in [0.2, 0.25) is 0 Å². The molecule has 7 heteroatoms. The van der Waals surface area contributed by atoms with Gasteiger partial charge in [0.1, 0.15) is 11.6 Å². The summed E-state index contributed by atoms with van der Waals surface area (Å²) < 4.78 is 5.71. The van der Waals surface area contributed by atoms with Gasteiger partial charge >= 0.3 is 5.97 Å². The highest BCUT2D eigenvalue weighted by molar-refractivity contribution is 6.02. The van der Waals surface area contributed by atoms with Crippen molar-refractivity contribution in [2.45, 2.75) is 51.9 Å². The molecule has 2 aromatic rings. The van der Waals surface area contributed by atoms with Crippen LogP contribution < -0.4 is 9.64 Å². The zero-order valence-corrected chi connectivity index (χ0v) is 22.3. The van der Waals surface area contributed by atoms with Crippen molar-refractivity contribution in [3.05, 3.63) is 59.2 Å². The van der Waals surface area contributed by atoms with Crippen molar-refractivity contribution in [3.63, 3.8) is 0 Å². The summed E-state index contributed by atoms with van der Waals surface area (Å²) in [5.41, 5.74) is 2.73. The normalized spacial score (nSPS) is 17.8. The van der Waals surface area contributed by atoms with Gasteiger partial charge in [0.15, 0.2) is 12.4 Å². The lowest BCUT2D eigenvalue weighted by Gasteiger charge is -2.28. The summed E-state index contributed by atoms with van der Waals surface area (Å²) in [4.78, 5) is 28.5. The second kappa shape index (κ2) is 11.1. The fraction of sp³-hybridized carbons (Fsp3) is 0.483. The maximum absolute atomic E-state index is 13.6. The summed E-state index contributed by atoms with van der Waals surface area (Å²) >= 11 is 0. The number of nitrogens with zero attached hydrogens (tertiary/aromatic N) is 2. The first kappa shape index (κ1) is 27.2. The first-order chi connectivity index (χ1) is 16.9. The first-order valence-electron chi connectivity index (χ1n) is 12.6. The van der Waals surface area contributed by atoms with E-state index in [9.17, 15) is 9.59 Å². The Hall–Kier alpha value is -3.35. The third-order valence-corrected chi connectivity index (χ3v) is 6.74. The number of carbonyl (C=O) groups is 2. The fourth-order valence-electron chi connectivity index (χ4n) is 4.99. The molecule has 0 aliphatic carbocycles. The maximum Gasteiger partial charge on any atom is 0.341 e. The molecule has 194 valence electrons. The predicted molar refractivity (Wildman–Crippen MR) is 144 cm³/mol. The molecule has 1 aliphatic rings. The largest absolute Gasteiger partial charge is 0.479 e. The van der Waals surface area contributed by atoms with Crippen LogP contribution in [0.3, 0.4) is 0 Å². The van der Waals surface area contributed by atoms with Crippen LogP contribution in [-0.2, 0) is 10.2 Å². The molecule has 2 N–H and O–H groups in total. The van der Waals surface area contributed by atoms with E-state index in [1.807, 2.05) is 68.9 Å². The number of anilines is 1. The molecular weight excluding hydrogens is 454 g/mol. The average molecular weight is 494 g/mol. The van der Waals surface area contributed by atoms with Gasteiger partial charge in [-0.15, -0.1) is 0 Å². The number of nitrogens with one attached hydrogen (secondary N) is 1. The number of ether oxygens (including phenoxy) is 1. The standard InChI is InChI=1S/C29H39N3O4/c1-7-11-20-16-32(28(30)26(20)19-12-9-8-10-13-19)17-24(33)21-14-22(29(2,3)4)27(36-18-25(34)35)23(15-21)31(5)6/h8-10,12-15,20,26,30H,7,11,16-18H2,1-6H3,(H,34,35). The lowest BCUT2D eigenvalue weighted by atomic mass is 9.84. The number of amidine groups is 1. The van der Waals surface area contributed by atoms with E-state index < -0.39 is 12.6 Å². The molecule has 0 bridgehead atoms. The minimum Gasteiger partial charge on any atom is -0.479 e. The van der Waals surface area contributed by atoms with E-state index in [1.165, 1.54) is 0 Å². The van der Waals surface area contributed by atoms with Crippen LogP contribution in [0.5, 0.6) is 5.75 Å². The van der Waals surface area contributed by atoms with Crippen LogP contribution in [0, 0.1) is 11.3 Å². The number of ketones is 1. The van der Waals surface area contributed by atoms with Gasteiger partial charge in [-0.1, -0.05) is 64.4 Å². The first-order valence-corrected chi connectivity index (χ1v) is 12.6. The van der Waals surface area contributed by atoms with Crippen molar-refractivity contribution in [1.82, 2.24) is 4.90 Å². The smallest absolute Gasteiger partial charge is 0.341 e. The van der Waals surface area contributed by atoms with Gasteiger partial charge in [0, 0.05) is 37.7 Å². The van der Waals surface area contributed by atoms with Crippen molar-refractivity contribution < 1.29 is 19.4 Å². The van der Waals surface area contributed by atoms with Gasteiger partial charge in [-0.05, 0) is 35.4 Å². The van der Waals surface area contributed by atoms with Gasteiger partial charge in [-0.25, -0.2) is 4.79 Å². The maximum atomic E-state index is 13.6. The summed E-state index contributed by atoms with van der Waals surface area (Å²) in [6, 6.07) is 13.7. The highest BCUT2D eigenvalue weighted by Gasteiger charge is 2.38. The number of carbonyl (C=O) groups excluding carboxylic acids is 1. The molecule has 2 atom stereocenters. The molecule has 1 saturated heterocycles. The number of likely N-dealkylation sites (tertiary alicyclic amines) is 1. The number of rotatable bonds is 10. The minimum atomic E-state index is -1.05. The molecule has 0 saturated carbocycles. The quantitative estimate of drug-likeness (QED) is 0.443. The van der Waals surface area contributed by atoms with Gasteiger partial charge in [0.25, 0.3) is 0 Å². The zero-order valence-electron chi connectivity index (χ0n) is 22.3. The SMILES string of the molecule is CCCC1CN(CC(=O)c2cc(N(C)C)c(OCC(=O)O)c(C(C)(C)C)c2)C(=N)C1c1ccccc1. The second-order valence-corrected chi connectivity index (χ2v) is 10.8. The molecular formula is C29H39N3O4. The molecule has 1 fully saturated rings. The Labute approximate surface area is 214 Å². The van der Waals surface area contributed by atoms with Crippen LogP contribution in [-0.4, -0.2) is 61.4 Å². The zero-order chi connectivity index (χ0) is 26.6. The summed E-state index contributed by atoms with van der Waals surface area (Å²) in [5.74, 6) is 0.148. The number of benzene rings is 2. The lowest BCUT2D eigenvalue weighted by Crippen LogP contribution is -2.32. The van der Waals surface area contributed by atoms with Crippen molar-refractivity contribution >= 4 is 23.3 Å². The third-order valence-electron chi connectivity index (χ3n) is 6.74. The molecule has 1 aliphatic heterocycles. The van der Waals surface area contributed by atoms with Crippen LogP contribution in [0.25, 0.3) is 0 Å². The highest BCUT2D eigenvalue weighted by Crippen LogP contribution is 2.41. The van der Waals surface area contributed by atoms with E-state index in [2.05, 4.69) is 19.1 Å². The summed E-state index contributed by atoms with van der Waals surface area (Å²) in [6.45, 7) is 8.56. The van der Waals surface area contributed by atoms with E-state index in [1.54, 1.807) is 6.07 Å². The van der Waals surface area contributed by atoms with Crippen molar-refractivity contribution in [2.75, 3.05) is 38.7 Å². The number of carboxylic acids is 1. The van der Waals surface area contributed by atoms with Crippen LogP contribution in [0.15, 0.2) is 42.5 Å². The Morgan fingerprint density at radius 1 is 1.17 bits per heavy atom. The molecule has 7 nitrogen and oxygen atoms in total. The lowest BCUT2D eigenvalue weighted by molar-refractivity contribution is -0.139. The monoisotopic (exact) mass is 493 g/mol. The van der Waals surface area contributed by atoms with E-state index in [-0.39, 0.29) is 23.7 Å². The molecule has 0 spiro atoms. The average Bonchev–Trinajstić information content (AvgIpc) is 3.11. The van der Waals surface area contributed by atoms with Gasteiger partial charge in [0.2, 0.25) is 0 Å². The summed E-state index contributed by atoms with van der Waals surface area (Å²) in [7, 11) is 3.69. The molecule has 2 aromatic carbocycles. The van der Waals surface area contributed by atoms with Gasteiger partial charge in [-0.2, -0.15) is 0 Å². The number of aliphatic carboxylic acids is 1. The van der Waals surface area contributed by atoms with E-state index in [0.29, 0.717) is 35.3 Å². The number of hydrogen-bond donors (Lipinski definition) is 2. The highest BCUT2D eigenvalue weighted by atomic mass is 16.5. The van der Waals surface area contributed by atoms with Crippen molar-refractivity contribution in [3.8, 4) is 5.75 Å². The number of carboxylic acid groups (broad SMARTS) is 1. The van der Waals surface area contributed by atoms with Gasteiger partial charge in [0.05, 0.1) is 12.2 Å². The van der Waals surface area contributed by atoms with Gasteiger partial charge in [-0.3, -0.25) is 10.2 Å². The number of hydrogen-bond acceptors (Lipinski definition) is 5. The van der Waals surface area contributed by atoms with E-state index in [4.69, 9.17) is 15.3 Å². The molecule has 0 aromatic heterocycles. The fourth-order valence-corrected chi connectivity index (χ4v) is 4.99. The van der Waals surface area contributed by atoms with E-state index >= 15 is 0 Å². The van der Waals surface area contributed by atoms with Crippen molar-refractivity contribution in [1.29, 1.82) is 5.41 Å². The Morgan fingerprint density at radius 3 is 2.39 bits per heavy atom. The van der Waals surface area contributed by atoms with Crippen LogP contribution in [0.4, 0.5) is 5.69 Å². The van der Waals surface area contributed by atoms with Crippen molar-refractivity contribution in [2.24, 2.45) is 5.92 Å². The third kappa shape index (κ3) is 6.07. The Kier molecular flexibility index (Phi) is 8.43. The Balaban J connectivity index is 1.94. The Bertz CT molecular complexity index is 1110. The second-order valence-electron chi connectivity index (χ2n) is 10.8. The predicted octanol–water partition coefficient (Wildman–Crippen LogP) is 5.19. The van der Waals surface area contributed by atoms with E-state index in [0.717, 1.165) is 24.0 Å². The topological polar surface area (TPSA) is 93.9 Å². The molecule has 36 heavy (non-hydrogen) atoms. The molecule has 0 radical (unpaired) electrons. The molecule has 3 rings (SSSR count). The Morgan fingerprint density at radius 2 is 1.83 bits per heavy atom.